The Morgan fingerprint density at radius 2 is 1.83 bits per heavy atom. The maximum atomic E-state index is 13.0. The standard InChI is InChI=1S/C15H17FN8/c1-8-7-12(24-23-8)19-15-21-13(17)20-14(22-15)18-9(2)10-3-5-11(16)6-4-10/h3-7,9H,1-2H3,(H5,17,18,19,20,21,22,23,24). The average Bonchev–Trinajstić information content (AvgIpc) is 2.92. The van der Waals surface area contributed by atoms with E-state index in [1.165, 1.54) is 12.1 Å². The summed E-state index contributed by atoms with van der Waals surface area (Å²) in [7, 11) is 0. The molecule has 1 aromatic carbocycles. The molecule has 0 aliphatic carbocycles. The van der Waals surface area contributed by atoms with Gasteiger partial charge in [0.05, 0.1) is 6.04 Å². The van der Waals surface area contributed by atoms with Crippen molar-refractivity contribution in [1.29, 1.82) is 0 Å². The van der Waals surface area contributed by atoms with Gasteiger partial charge < -0.3 is 16.4 Å². The summed E-state index contributed by atoms with van der Waals surface area (Å²) in [6, 6.07) is 7.89. The van der Waals surface area contributed by atoms with Gasteiger partial charge in [-0.2, -0.15) is 20.1 Å². The minimum Gasteiger partial charge on any atom is -0.368 e. The second-order valence-corrected chi connectivity index (χ2v) is 5.32. The van der Waals surface area contributed by atoms with Gasteiger partial charge in [-0.25, -0.2) is 4.39 Å². The van der Waals surface area contributed by atoms with Crippen molar-refractivity contribution in [2.24, 2.45) is 0 Å². The number of benzene rings is 1. The molecule has 0 aliphatic heterocycles. The number of aromatic amines is 1. The predicted octanol–water partition coefficient (Wildman–Crippen LogP) is 2.54. The molecule has 9 heteroatoms. The Morgan fingerprint density at radius 1 is 1.12 bits per heavy atom. The highest BCUT2D eigenvalue weighted by Crippen LogP contribution is 2.19. The van der Waals surface area contributed by atoms with Crippen LogP contribution in [0.2, 0.25) is 0 Å². The highest BCUT2D eigenvalue weighted by molar-refractivity contribution is 5.51. The fourth-order valence-electron chi connectivity index (χ4n) is 2.14. The van der Waals surface area contributed by atoms with Gasteiger partial charge >= 0.3 is 0 Å². The van der Waals surface area contributed by atoms with Crippen LogP contribution in [0.1, 0.15) is 24.2 Å². The molecule has 124 valence electrons. The van der Waals surface area contributed by atoms with Crippen molar-refractivity contribution in [3.63, 3.8) is 0 Å². The lowest BCUT2D eigenvalue weighted by molar-refractivity contribution is 0.626. The summed E-state index contributed by atoms with van der Waals surface area (Å²) >= 11 is 0. The molecule has 0 saturated heterocycles. The number of nitrogens with two attached hydrogens (primary N) is 1. The number of nitrogen functional groups attached to an aromatic ring is 1. The highest BCUT2D eigenvalue weighted by atomic mass is 19.1. The summed E-state index contributed by atoms with van der Waals surface area (Å²) in [4.78, 5) is 12.4. The zero-order valence-corrected chi connectivity index (χ0v) is 13.2. The van der Waals surface area contributed by atoms with Crippen LogP contribution < -0.4 is 16.4 Å². The smallest absolute Gasteiger partial charge is 0.235 e. The maximum Gasteiger partial charge on any atom is 0.235 e. The van der Waals surface area contributed by atoms with Gasteiger partial charge in [0, 0.05) is 11.8 Å². The number of nitrogens with zero attached hydrogens (tertiary/aromatic N) is 4. The summed E-state index contributed by atoms with van der Waals surface area (Å²) in [5.41, 5.74) is 7.53. The fraction of sp³-hybridized carbons (Fsp3) is 0.200. The average molecular weight is 328 g/mol. The molecule has 0 saturated carbocycles. The topological polar surface area (TPSA) is 117 Å². The lowest BCUT2D eigenvalue weighted by atomic mass is 10.1. The second kappa shape index (κ2) is 6.49. The molecule has 2 heterocycles. The van der Waals surface area contributed by atoms with Gasteiger partial charge in [-0.05, 0) is 31.5 Å². The molecule has 8 nitrogen and oxygen atoms in total. The second-order valence-electron chi connectivity index (χ2n) is 5.32. The van der Waals surface area contributed by atoms with E-state index >= 15 is 0 Å². The van der Waals surface area contributed by atoms with Crippen molar-refractivity contribution >= 4 is 23.7 Å². The quantitative estimate of drug-likeness (QED) is 0.568. The third kappa shape index (κ3) is 3.75. The van der Waals surface area contributed by atoms with Crippen molar-refractivity contribution in [2.45, 2.75) is 19.9 Å². The number of halogens is 1. The minimum atomic E-state index is -0.281. The Labute approximate surface area is 137 Å². The Bertz CT molecular complexity index is 830. The van der Waals surface area contributed by atoms with Crippen LogP contribution in [0.5, 0.6) is 0 Å². The summed E-state index contributed by atoms with van der Waals surface area (Å²) in [5, 5.41) is 12.9. The van der Waals surface area contributed by atoms with E-state index in [2.05, 4.69) is 35.8 Å². The largest absolute Gasteiger partial charge is 0.368 e. The molecule has 0 bridgehead atoms. The molecular formula is C15H17FN8. The van der Waals surface area contributed by atoms with Gasteiger partial charge in [-0.3, -0.25) is 5.10 Å². The summed E-state index contributed by atoms with van der Waals surface area (Å²) in [5.74, 6) is 0.970. The van der Waals surface area contributed by atoms with Crippen molar-refractivity contribution in [3.8, 4) is 0 Å². The van der Waals surface area contributed by atoms with Gasteiger partial charge in [0.1, 0.15) is 5.82 Å². The Morgan fingerprint density at radius 3 is 2.50 bits per heavy atom. The summed E-state index contributed by atoms with van der Waals surface area (Å²) in [6.45, 7) is 3.80. The number of hydrogen-bond acceptors (Lipinski definition) is 7. The third-order valence-corrected chi connectivity index (χ3v) is 3.31. The molecule has 1 unspecified atom stereocenters. The van der Waals surface area contributed by atoms with Crippen LogP contribution in [0.4, 0.5) is 28.1 Å². The monoisotopic (exact) mass is 328 g/mol. The molecule has 3 aromatic rings. The molecule has 24 heavy (non-hydrogen) atoms. The van der Waals surface area contributed by atoms with Gasteiger partial charge in [0.15, 0.2) is 5.82 Å². The van der Waals surface area contributed by atoms with E-state index in [9.17, 15) is 4.39 Å². The number of rotatable bonds is 5. The van der Waals surface area contributed by atoms with Crippen LogP contribution in [0.25, 0.3) is 0 Å². The van der Waals surface area contributed by atoms with E-state index in [1.54, 1.807) is 12.1 Å². The van der Waals surface area contributed by atoms with Crippen molar-refractivity contribution in [1.82, 2.24) is 25.1 Å². The first-order chi connectivity index (χ1) is 11.5. The first-order valence-electron chi connectivity index (χ1n) is 7.32. The van der Waals surface area contributed by atoms with E-state index in [0.29, 0.717) is 11.8 Å². The van der Waals surface area contributed by atoms with Crippen molar-refractivity contribution < 1.29 is 4.39 Å². The van der Waals surface area contributed by atoms with Crippen molar-refractivity contribution in [3.05, 3.63) is 47.4 Å². The summed E-state index contributed by atoms with van der Waals surface area (Å²) < 4.78 is 13.0. The molecule has 0 radical (unpaired) electrons. The molecule has 2 aromatic heterocycles. The van der Waals surface area contributed by atoms with Crippen LogP contribution in [-0.4, -0.2) is 25.1 Å². The lowest BCUT2D eigenvalue weighted by Crippen LogP contribution is -2.12. The van der Waals surface area contributed by atoms with Crippen LogP contribution in [-0.2, 0) is 0 Å². The Balaban J connectivity index is 1.76. The van der Waals surface area contributed by atoms with E-state index in [-0.39, 0.29) is 23.8 Å². The molecule has 1 atom stereocenters. The molecule has 0 amide bonds. The molecule has 0 spiro atoms. The number of aromatic nitrogens is 5. The maximum absolute atomic E-state index is 13.0. The molecule has 0 fully saturated rings. The van der Waals surface area contributed by atoms with Crippen LogP contribution >= 0.6 is 0 Å². The van der Waals surface area contributed by atoms with E-state index in [1.807, 2.05) is 19.9 Å². The zero-order valence-electron chi connectivity index (χ0n) is 13.2. The predicted molar refractivity (Wildman–Crippen MR) is 89.3 cm³/mol. The fourth-order valence-corrected chi connectivity index (χ4v) is 2.14. The number of anilines is 4. The van der Waals surface area contributed by atoms with Gasteiger partial charge in [0.2, 0.25) is 17.8 Å². The first-order valence-corrected chi connectivity index (χ1v) is 7.32. The highest BCUT2D eigenvalue weighted by Gasteiger charge is 2.10. The SMILES string of the molecule is Cc1cc(Nc2nc(N)nc(NC(C)c3ccc(F)cc3)n2)n[nH]1. The molecule has 3 rings (SSSR count). The molecular weight excluding hydrogens is 311 g/mol. The number of aryl methyl sites for hydroxylation is 1. The first kappa shape index (κ1) is 15.7. The van der Waals surface area contributed by atoms with Gasteiger partial charge in [0.25, 0.3) is 0 Å². The van der Waals surface area contributed by atoms with E-state index < -0.39 is 0 Å². The number of H-pyrrole nitrogens is 1. The van der Waals surface area contributed by atoms with Gasteiger partial charge in [-0.15, -0.1) is 0 Å². The number of nitrogens with one attached hydrogen (secondary N) is 3. The minimum absolute atomic E-state index is 0.0774. The van der Waals surface area contributed by atoms with Crippen LogP contribution in [0, 0.1) is 12.7 Å². The van der Waals surface area contributed by atoms with Crippen LogP contribution in [0.15, 0.2) is 30.3 Å². The molecule has 5 N–H and O–H groups in total. The Kier molecular flexibility index (Phi) is 4.23. The summed E-state index contributed by atoms with van der Waals surface area (Å²) in [6.07, 6.45) is 0. The van der Waals surface area contributed by atoms with E-state index in [0.717, 1.165) is 11.3 Å². The lowest BCUT2D eigenvalue weighted by Gasteiger charge is -2.14. The normalized spacial score (nSPS) is 12.0. The van der Waals surface area contributed by atoms with Crippen LogP contribution in [0.3, 0.4) is 0 Å². The third-order valence-electron chi connectivity index (χ3n) is 3.31. The molecule has 0 aliphatic rings. The zero-order chi connectivity index (χ0) is 17.1. The van der Waals surface area contributed by atoms with Gasteiger partial charge in [-0.1, -0.05) is 12.1 Å². The number of hydrogen-bond donors (Lipinski definition) is 4. The van der Waals surface area contributed by atoms with E-state index in [4.69, 9.17) is 5.73 Å². The Hall–Kier alpha value is -3.23. The van der Waals surface area contributed by atoms with Crippen molar-refractivity contribution in [2.75, 3.05) is 16.4 Å².